The predicted octanol–water partition coefficient (Wildman–Crippen LogP) is 4.22. The van der Waals surface area contributed by atoms with E-state index in [1.54, 1.807) is 30.3 Å². The molecule has 0 aliphatic heterocycles. The molecule has 0 spiro atoms. The highest BCUT2D eigenvalue weighted by Crippen LogP contribution is 2.16. The molecule has 0 unspecified atom stereocenters. The molecule has 0 fully saturated rings. The third-order valence-electron chi connectivity index (χ3n) is 3.53. The molecule has 2 amide bonds. The summed E-state index contributed by atoms with van der Waals surface area (Å²) in [6, 6.07) is 17.8. The van der Waals surface area contributed by atoms with Gasteiger partial charge < -0.3 is 15.1 Å². The summed E-state index contributed by atoms with van der Waals surface area (Å²) in [6.07, 6.45) is 1.45. The Morgan fingerprint density at radius 1 is 0.920 bits per heavy atom. The zero-order valence-electron chi connectivity index (χ0n) is 13.2. The molecule has 0 radical (unpaired) electrons. The van der Waals surface area contributed by atoms with Gasteiger partial charge in [-0.15, -0.1) is 0 Å². The van der Waals surface area contributed by atoms with Crippen LogP contribution in [-0.2, 0) is 6.54 Å². The SMILES string of the molecule is O=C(Nc1ccc(CNC(=O)c2ccccc2Br)cc1)c1ccco1. The van der Waals surface area contributed by atoms with E-state index in [4.69, 9.17) is 4.42 Å². The Morgan fingerprint density at radius 2 is 1.68 bits per heavy atom. The maximum absolute atomic E-state index is 12.2. The van der Waals surface area contributed by atoms with Crippen LogP contribution in [0.3, 0.4) is 0 Å². The number of amides is 2. The van der Waals surface area contributed by atoms with Crippen molar-refractivity contribution in [2.75, 3.05) is 5.32 Å². The highest BCUT2D eigenvalue weighted by molar-refractivity contribution is 9.10. The Hall–Kier alpha value is -2.86. The first-order valence-electron chi connectivity index (χ1n) is 7.60. The largest absolute Gasteiger partial charge is 0.459 e. The van der Waals surface area contributed by atoms with Gasteiger partial charge in [-0.2, -0.15) is 0 Å². The van der Waals surface area contributed by atoms with Crippen LogP contribution in [0.15, 0.2) is 75.8 Å². The van der Waals surface area contributed by atoms with Crippen molar-refractivity contribution < 1.29 is 14.0 Å². The molecule has 0 bridgehead atoms. The second-order valence-corrected chi connectivity index (χ2v) is 6.15. The number of anilines is 1. The summed E-state index contributed by atoms with van der Waals surface area (Å²) in [4.78, 5) is 24.1. The maximum Gasteiger partial charge on any atom is 0.291 e. The number of furan rings is 1. The van der Waals surface area contributed by atoms with E-state index in [9.17, 15) is 9.59 Å². The van der Waals surface area contributed by atoms with Gasteiger partial charge in [-0.3, -0.25) is 9.59 Å². The summed E-state index contributed by atoms with van der Waals surface area (Å²) in [6.45, 7) is 0.395. The lowest BCUT2D eigenvalue weighted by Crippen LogP contribution is -2.23. The lowest BCUT2D eigenvalue weighted by Gasteiger charge is -2.08. The third kappa shape index (κ3) is 4.36. The molecule has 1 heterocycles. The molecule has 1 aromatic heterocycles. The summed E-state index contributed by atoms with van der Waals surface area (Å²) < 4.78 is 5.80. The van der Waals surface area contributed by atoms with Crippen molar-refractivity contribution in [3.05, 3.63) is 88.3 Å². The van der Waals surface area contributed by atoms with E-state index >= 15 is 0 Å². The first kappa shape index (κ1) is 17.0. The zero-order valence-corrected chi connectivity index (χ0v) is 14.7. The molecule has 0 aliphatic carbocycles. The van der Waals surface area contributed by atoms with Gasteiger partial charge in [0.25, 0.3) is 11.8 Å². The summed E-state index contributed by atoms with van der Waals surface area (Å²) in [5.41, 5.74) is 2.17. The van der Waals surface area contributed by atoms with Crippen molar-refractivity contribution in [3.63, 3.8) is 0 Å². The number of rotatable bonds is 5. The monoisotopic (exact) mass is 398 g/mol. The lowest BCUT2D eigenvalue weighted by molar-refractivity contribution is 0.0949. The Morgan fingerprint density at radius 3 is 2.36 bits per heavy atom. The van der Waals surface area contributed by atoms with Gasteiger partial charge in [0, 0.05) is 16.7 Å². The molecule has 0 saturated carbocycles. The van der Waals surface area contributed by atoms with E-state index in [2.05, 4.69) is 26.6 Å². The van der Waals surface area contributed by atoms with Crippen molar-refractivity contribution in [1.29, 1.82) is 0 Å². The molecule has 3 aromatic rings. The summed E-state index contributed by atoms with van der Waals surface area (Å²) in [7, 11) is 0. The topological polar surface area (TPSA) is 71.3 Å². The highest BCUT2D eigenvalue weighted by Gasteiger charge is 2.10. The van der Waals surface area contributed by atoms with E-state index < -0.39 is 0 Å². The van der Waals surface area contributed by atoms with Crippen LogP contribution in [0, 0.1) is 0 Å². The van der Waals surface area contributed by atoms with Crippen LogP contribution in [0.4, 0.5) is 5.69 Å². The van der Waals surface area contributed by atoms with Crippen LogP contribution in [-0.4, -0.2) is 11.8 Å². The molecule has 0 atom stereocenters. The number of halogens is 1. The molecule has 0 aliphatic rings. The number of carbonyl (C=O) groups is 2. The van der Waals surface area contributed by atoms with Crippen molar-refractivity contribution in [3.8, 4) is 0 Å². The van der Waals surface area contributed by atoms with Crippen LogP contribution in [0.1, 0.15) is 26.5 Å². The summed E-state index contributed by atoms with van der Waals surface area (Å²) in [5, 5.41) is 5.61. The Kier molecular flexibility index (Phi) is 5.30. The van der Waals surface area contributed by atoms with Crippen molar-refractivity contribution in [2.45, 2.75) is 6.54 Å². The van der Waals surface area contributed by atoms with Gasteiger partial charge >= 0.3 is 0 Å². The van der Waals surface area contributed by atoms with Gasteiger partial charge in [0.2, 0.25) is 0 Å². The minimum atomic E-state index is -0.306. The van der Waals surface area contributed by atoms with E-state index in [0.29, 0.717) is 17.8 Å². The molecule has 126 valence electrons. The quantitative estimate of drug-likeness (QED) is 0.675. The smallest absolute Gasteiger partial charge is 0.291 e. The normalized spacial score (nSPS) is 10.3. The fourth-order valence-corrected chi connectivity index (χ4v) is 2.69. The predicted molar refractivity (Wildman–Crippen MR) is 98.4 cm³/mol. The first-order valence-corrected chi connectivity index (χ1v) is 8.39. The number of benzene rings is 2. The molecular weight excluding hydrogens is 384 g/mol. The van der Waals surface area contributed by atoms with Crippen LogP contribution >= 0.6 is 15.9 Å². The molecule has 25 heavy (non-hydrogen) atoms. The van der Waals surface area contributed by atoms with Crippen molar-refractivity contribution >= 4 is 33.4 Å². The van der Waals surface area contributed by atoms with E-state index in [-0.39, 0.29) is 17.6 Å². The highest BCUT2D eigenvalue weighted by atomic mass is 79.9. The van der Waals surface area contributed by atoms with Gasteiger partial charge in [-0.1, -0.05) is 24.3 Å². The van der Waals surface area contributed by atoms with E-state index in [0.717, 1.165) is 10.0 Å². The fourth-order valence-electron chi connectivity index (χ4n) is 2.23. The fraction of sp³-hybridized carbons (Fsp3) is 0.0526. The van der Waals surface area contributed by atoms with Crippen LogP contribution in [0.2, 0.25) is 0 Å². The van der Waals surface area contributed by atoms with Crippen molar-refractivity contribution in [2.24, 2.45) is 0 Å². The van der Waals surface area contributed by atoms with Crippen LogP contribution in [0.25, 0.3) is 0 Å². The van der Waals surface area contributed by atoms with Gasteiger partial charge in [0.05, 0.1) is 11.8 Å². The minimum absolute atomic E-state index is 0.150. The summed E-state index contributed by atoms with van der Waals surface area (Å²) >= 11 is 3.36. The Bertz CT molecular complexity index is 874. The standard InChI is InChI=1S/C19H15BrN2O3/c20-16-5-2-1-4-15(16)18(23)21-12-13-7-9-14(10-8-13)22-19(24)17-6-3-11-25-17/h1-11H,12H2,(H,21,23)(H,22,24). The molecule has 2 N–H and O–H groups in total. The molecule has 3 rings (SSSR count). The van der Waals surface area contributed by atoms with Gasteiger partial charge in [-0.25, -0.2) is 0 Å². The number of nitrogens with one attached hydrogen (secondary N) is 2. The number of hydrogen-bond donors (Lipinski definition) is 2. The van der Waals surface area contributed by atoms with E-state index in [1.165, 1.54) is 6.26 Å². The zero-order chi connectivity index (χ0) is 17.6. The van der Waals surface area contributed by atoms with Gasteiger partial charge in [0.1, 0.15) is 0 Å². The third-order valence-corrected chi connectivity index (χ3v) is 4.22. The molecular formula is C19H15BrN2O3. The second kappa shape index (κ2) is 7.81. The maximum atomic E-state index is 12.2. The first-order chi connectivity index (χ1) is 12.1. The molecule has 2 aromatic carbocycles. The van der Waals surface area contributed by atoms with Crippen LogP contribution in [0.5, 0.6) is 0 Å². The molecule has 0 saturated heterocycles. The molecule has 6 heteroatoms. The Balaban J connectivity index is 1.57. The minimum Gasteiger partial charge on any atom is -0.459 e. The summed E-state index contributed by atoms with van der Waals surface area (Å²) in [5.74, 6) is -0.201. The van der Waals surface area contributed by atoms with Crippen molar-refractivity contribution in [1.82, 2.24) is 5.32 Å². The van der Waals surface area contributed by atoms with Gasteiger partial charge in [-0.05, 0) is 57.9 Å². The van der Waals surface area contributed by atoms with E-state index in [1.807, 2.05) is 30.3 Å². The average molecular weight is 399 g/mol. The number of hydrogen-bond acceptors (Lipinski definition) is 3. The average Bonchev–Trinajstić information content (AvgIpc) is 3.16. The molecule has 5 nitrogen and oxygen atoms in total. The van der Waals surface area contributed by atoms with Gasteiger partial charge in [0.15, 0.2) is 5.76 Å². The number of carbonyl (C=O) groups excluding carboxylic acids is 2. The second-order valence-electron chi connectivity index (χ2n) is 5.29. The lowest BCUT2D eigenvalue weighted by atomic mass is 10.2. The Labute approximate surface area is 153 Å². The van der Waals surface area contributed by atoms with Crippen LogP contribution < -0.4 is 10.6 Å².